The molecule has 1 aromatic rings. The minimum Gasteiger partial charge on any atom is -0.297 e. The van der Waals surface area contributed by atoms with E-state index in [-0.39, 0.29) is 0 Å². The molecule has 3 aliphatic rings. The molecule has 3 heterocycles. The number of rotatable bonds is 2. The van der Waals surface area contributed by atoms with Crippen LogP contribution in [-0.4, -0.2) is 53.0 Å². The van der Waals surface area contributed by atoms with Crippen LogP contribution < -0.4 is 0 Å². The maximum Gasteiger partial charge on any atom is 0.0479 e. The van der Waals surface area contributed by atoms with Crippen LogP contribution in [0.2, 0.25) is 0 Å². The highest BCUT2D eigenvalue weighted by atomic mass is 32.2. The fraction of sp³-hybridized carbons (Fsp3) is 0.647. The van der Waals surface area contributed by atoms with Crippen LogP contribution in [0.3, 0.4) is 0 Å². The SMILES string of the molecule is c1ccc(C2CN3CCCC3CN2C2CCSC2)cc1. The van der Waals surface area contributed by atoms with Gasteiger partial charge in [-0.3, -0.25) is 9.80 Å². The molecule has 0 bridgehead atoms. The van der Waals surface area contributed by atoms with E-state index >= 15 is 0 Å². The molecule has 0 aromatic heterocycles. The maximum absolute atomic E-state index is 2.85. The second-order valence-electron chi connectivity index (χ2n) is 6.43. The Balaban J connectivity index is 1.61. The van der Waals surface area contributed by atoms with Crippen molar-refractivity contribution in [2.75, 3.05) is 31.1 Å². The van der Waals surface area contributed by atoms with Crippen molar-refractivity contribution in [1.82, 2.24) is 9.80 Å². The molecule has 3 heteroatoms. The summed E-state index contributed by atoms with van der Waals surface area (Å²) in [6, 6.07) is 13.5. The number of benzene rings is 1. The maximum atomic E-state index is 2.85. The van der Waals surface area contributed by atoms with Gasteiger partial charge in [0.05, 0.1) is 0 Å². The summed E-state index contributed by atoms with van der Waals surface area (Å²) in [6.07, 6.45) is 4.21. The number of nitrogens with zero attached hydrogens (tertiary/aromatic N) is 2. The molecule has 3 atom stereocenters. The van der Waals surface area contributed by atoms with E-state index in [4.69, 9.17) is 0 Å². The lowest BCUT2D eigenvalue weighted by atomic mass is 9.97. The van der Waals surface area contributed by atoms with E-state index in [0.717, 1.165) is 12.1 Å². The second-order valence-corrected chi connectivity index (χ2v) is 7.58. The summed E-state index contributed by atoms with van der Waals surface area (Å²) < 4.78 is 0. The molecule has 108 valence electrons. The summed E-state index contributed by atoms with van der Waals surface area (Å²) in [5, 5.41) is 0. The van der Waals surface area contributed by atoms with Crippen molar-refractivity contribution in [2.24, 2.45) is 0 Å². The number of hydrogen-bond acceptors (Lipinski definition) is 3. The molecular weight excluding hydrogens is 264 g/mol. The standard InChI is InChI=1S/C17H24N2S/c1-2-5-14(6-3-1)17-12-18-9-4-7-15(18)11-19(17)16-8-10-20-13-16/h1-3,5-6,15-17H,4,7-13H2. The Kier molecular flexibility index (Phi) is 3.76. The highest BCUT2D eigenvalue weighted by Gasteiger charge is 2.40. The highest BCUT2D eigenvalue weighted by Crippen LogP contribution is 2.37. The number of thioether (sulfide) groups is 1. The first-order valence-electron chi connectivity index (χ1n) is 8.04. The van der Waals surface area contributed by atoms with E-state index in [1.165, 1.54) is 56.0 Å². The summed E-state index contributed by atoms with van der Waals surface area (Å²) in [7, 11) is 0. The number of fused-ring (bicyclic) bond motifs is 1. The van der Waals surface area contributed by atoms with Gasteiger partial charge in [-0.15, -0.1) is 0 Å². The molecule has 0 spiro atoms. The Hall–Kier alpha value is -0.510. The Labute approximate surface area is 126 Å². The average molecular weight is 288 g/mol. The zero-order chi connectivity index (χ0) is 13.4. The number of piperazine rings is 1. The van der Waals surface area contributed by atoms with Crippen LogP contribution in [0.5, 0.6) is 0 Å². The third kappa shape index (κ3) is 2.40. The molecule has 3 aliphatic heterocycles. The van der Waals surface area contributed by atoms with Crippen molar-refractivity contribution in [2.45, 2.75) is 37.4 Å². The summed E-state index contributed by atoms with van der Waals surface area (Å²) >= 11 is 2.14. The lowest BCUT2D eigenvalue weighted by molar-refractivity contribution is 0.0261. The molecule has 0 amide bonds. The first kappa shape index (κ1) is 13.2. The first-order valence-corrected chi connectivity index (χ1v) is 9.20. The van der Waals surface area contributed by atoms with Crippen LogP contribution in [0.1, 0.15) is 30.9 Å². The van der Waals surface area contributed by atoms with Gasteiger partial charge >= 0.3 is 0 Å². The molecule has 1 aromatic carbocycles. The Morgan fingerprint density at radius 2 is 1.90 bits per heavy atom. The topological polar surface area (TPSA) is 6.48 Å². The summed E-state index contributed by atoms with van der Waals surface area (Å²) in [6.45, 7) is 3.86. The molecular formula is C17H24N2S. The van der Waals surface area contributed by atoms with E-state index in [9.17, 15) is 0 Å². The predicted molar refractivity (Wildman–Crippen MR) is 86.2 cm³/mol. The normalized spacial score (nSPS) is 35.3. The molecule has 0 N–H and O–H groups in total. The molecule has 3 unspecified atom stereocenters. The van der Waals surface area contributed by atoms with E-state index in [1.807, 2.05) is 0 Å². The predicted octanol–water partition coefficient (Wildman–Crippen LogP) is 3.01. The van der Waals surface area contributed by atoms with Gasteiger partial charge in [-0.25, -0.2) is 0 Å². The Bertz CT molecular complexity index is 444. The van der Waals surface area contributed by atoms with E-state index in [2.05, 4.69) is 51.9 Å². The van der Waals surface area contributed by atoms with Crippen LogP contribution in [0.25, 0.3) is 0 Å². The van der Waals surface area contributed by atoms with Crippen molar-refractivity contribution >= 4 is 11.8 Å². The lowest BCUT2D eigenvalue weighted by Crippen LogP contribution is -2.55. The summed E-state index contributed by atoms with van der Waals surface area (Å²) in [5.74, 6) is 2.70. The molecule has 20 heavy (non-hydrogen) atoms. The van der Waals surface area contributed by atoms with Gasteiger partial charge in [0.1, 0.15) is 0 Å². The Morgan fingerprint density at radius 1 is 1.00 bits per heavy atom. The zero-order valence-corrected chi connectivity index (χ0v) is 12.9. The van der Waals surface area contributed by atoms with Crippen LogP contribution in [0.4, 0.5) is 0 Å². The lowest BCUT2D eigenvalue weighted by Gasteiger charge is -2.46. The monoisotopic (exact) mass is 288 g/mol. The van der Waals surface area contributed by atoms with Crippen molar-refractivity contribution in [1.29, 1.82) is 0 Å². The van der Waals surface area contributed by atoms with Crippen LogP contribution in [0.15, 0.2) is 30.3 Å². The summed E-state index contributed by atoms with van der Waals surface area (Å²) in [4.78, 5) is 5.60. The molecule has 4 rings (SSSR count). The van der Waals surface area contributed by atoms with E-state index in [1.54, 1.807) is 0 Å². The van der Waals surface area contributed by atoms with Crippen molar-refractivity contribution in [3.63, 3.8) is 0 Å². The van der Waals surface area contributed by atoms with Gasteiger partial charge in [0.25, 0.3) is 0 Å². The second kappa shape index (κ2) is 5.70. The molecule has 3 saturated heterocycles. The quantitative estimate of drug-likeness (QED) is 0.826. The number of hydrogen-bond donors (Lipinski definition) is 0. The van der Waals surface area contributed by atoms with Gasteiger partial charge in [-0.2, -0.15) is 11.8 Å². The molecule has 0 saturated carbocycles. The van der Waals surface area contributed by atoms with Gasteiger partial charge < -0.3 is 0 Å². The van der Waals surface area contributed by atoms with Crippen molar-refractivity contribution in [3.8, 4) is 0 Å². The molecule has 0 aliphatic carbocycles. The average Bonchev–Trinajstić information content (AvgIpc) is 3.17. The van der Waals surface area contributed by atoms with Crippen molar-refractivity contribution in [3.05, 3.63) is 35.9 Å². The zero-order valence-electron chi connectivity index (χ0n) is 12.1. The third-order valence-electron chi connectivity index (χ3n) is 5.29. The van der Waals surface area contributed by atoms with E-state index < -0.39 is 0 Å². The Morgan fingerprint density at radius 3 is 2.70 bits per heavy atom. The third-order valence-corrected chi connectivity index (χ3v) is 6.43. The van der Waals surface area contributed by atoms with Gasteiger partial charge in [-0.1, -0.05) is 30.3 Å². The van der Waals surface area contributed by atoms with Crippen molar-refractivity contribution < 1.29 is 0 Å². The summed E-state index contributed by atoms with van der Waals surface area (Å²) in [5.41, 5.74) is 1.52. The van der Waals surface area contributed by atoms with Gasteiger partial charge in [0.2, 0.25) is 0 Å². The largest absolute Gasteiger partial charge is 0.297 e. The highest BCUT2D eigenvalue weighted by molar-refractivity contribution is 7.99. The fourth-order valence-electron chi connectivity index (χ4n) is 4.20. The van der Waals surface area contributed by atoms with Gasteiger partial charge in [0, 0.05) is 37.0 Å². The van der Waals surface area contributed by atoms with Crippen LogP contribution in [-0.2, 0) is 0 Å². The molecule has 3 fully saturated rings. The first-order chi connectivity index (χ1) is 9.92. The van der Waals surface area contributed by atoms with Crippen LogP contribution >= 0.6 is 11.8 Å². The molecule has 0 radical (unpaired) electrons. The van der Waals surface area contributed by atoms with Crippen LogP contribution in [0, 0.1) is 0 Å². The van der Waals surface area contributed by atoms with Gasteiger partial charge in [0.15, 0.2) is 0 Å². The smallest absolute Gasteiger partial charge is 0.0479 e. The van der Waals surface area contributed by atoms with Gasteiger partial charge in [-0.05, 0) is 37.1 Å². The fourth-order valence-corrected chi connectivity index (χ4v) is 5.43. The minimum atomic E-state index is 0.620. The van der Waals surface area contributed by atoms with E-state index in [0.29, 0.717) is 6.04 Å². The molecule has 2 nitrogen and oxygen atoms in total. The minimum absolute atomic E-state index is 0.620.